The first kappa shape index (κ1) is 13.7. The zero-order chi connectivity index (χ0) is 13.5. The van der Waals surface area contributed by atoms with Crippen molar-refractivity contribution in [1.29, 1.82) is 5.26 Å². The van der Waals surface area contributed by atoms with Crippen LogP contribution in [-0.2, 0) is 4.79 Å². The minimum absolute atomic E-state index is 0.0447. The van der Waals surface area contributed by atoms with E-state index in [2.05, 4.69) is 5.32 Å². The molecule has 1 amide bonds. The van der Waals surface area contributed by atoms with Crippen LogP contribution in [0.5, 0.6) is 0 Å². The van der Waals surface area contributed by atoms with E-state index in [4.69, 9.17) is 15.5 Å². The lowest BCUT2D eigenvalue weighted by molar-refractivity contribution is -0.146. The molecular weight excluding hydrogens is 236 g/mol. The first-order valence-corrected chi connectivity index (χ1v) is 5.24. The van der Waals surface area contributed by atoms with E-state index in [-0.39, 0.29) is 13.0 Å². The van der Waals surface area contributed by atoms with Crippen molar-refractivity contribution < 1.29 is 19.8 Å². The lowest BCUT2D eigenvalue weighted by atomic mass is 10.1. The molecule has 1 aromatic rings. The molecule has 0 saturated heterocycles. The van der Waals surface area contributed by atoms with Gasteiger partial charge in [-0.15, -0.1) is 0 Å². The second-order valence-corrected chi connectivity index (χ2v) is 3.59. The van der Waals surface area contributed by atoms with Crippen LogP contribution in [-0.4, -0.2) is 34.7 Å². The van der Waals surface area contributed by atoms with Gasteiger partial charge >= 0.3 is 5.97 Å². The highest BCUT2D eigenvalue weighted by atomic mass is 16.4. The fourth-order valence-electron chi connectivity index (χ4n) is 1.28. The van der Waals surface area contributed by atoms with Gasteiger partial charge in [0.05, 0.1) is 11.6 Å². The number of aliphatic hydroxyl groups excluding tert-OH is 1. The van der Waals surface area contributed by atoms with Crippen LogP contribution >= 0.6 is 0 Å². The normalized spacial score (nSPS) is 11.3. The number of carbonyl (C=O) groups is 2. The number of nitrogens with one attached hydrogen (secondary N) is 1. The fraction of sp³-hybridized carbons (Fsp3) is 0.250. The zero-order valence-corrected chi connectivity index (χ0v) is 9.46. The summed E-state index contributed by atoms with van der Waals surface area (Å²) in [7, 11) is 0. The average Bonchev–Trinajstić information content (AvgIpc) is 2.38. The Balaban J connectivity index is 2.51. The number of carbonyl (C=O) groups excluding carboxylic acids is 1. The average molecular weight is 248 g/mol. The smallest absolute Gasteiger partial charge is 0.332 e. The quantitative estimate of drug-likeness (QED) is 0.685. The summed E-state index contributed by atoms with van der Waals surface area (Å²) < 4.78 is 0. The third-order valence-corrected chi connectivity index (χ3v) is 2.24. The molecule has 94 valence electrons. The molecule has 0 aliphatic carbocycles. The summed E-state index contributed by atoms with van der Waals surface area (Å²) in [4.78, 5) is 21.9. The number of benzene rings is 1. The number of rotatable bonds is 5. The van der Waals surface area contributed by atoms with Gasteiger partial charge in [0, 0.05) is 18.5 Å². The topological polar surface area (TPSA) is 110 Å². The van der Waals surface area contributed by atoms with Crippen LogP contribution in [0.3, 0.4) is 0 Å². The highest BCUT2D eigenvalue weighted by Gasteiger charge is 2.13. The zero-order valence-electron chi connectivity index (χ0n) is 9.46. The van der Waals surface area contributed by atoms with Crippen molar-refractivity contribution in [1.82, 2.24) is 5.32 Å². The fourth-order valence-corrected chi connectivity index (χ4v) is 1.28. The van der Waals surface area contributed by atoms with Crippen LogP contribution in [0.25, 0.3) is 0 Å². The van der Waals surface area contributed by atoms with E-state index in [1.165, 1.54) is 6.07 Å². The van der Waals surface area contributed by atoms with E-state index in [9.17, 15) is 9.59 Å². The van der Waals surface area contributed by atoms with Crippen molar-refractivity contribution in [2.24, 2.45) is 0 Å². The van der Waals surface area contributed by atoms with Gasteiger partial charge in [0.2, 0.25) is 0 Å². The Morgan fingerprint density at radius 3 is 2.78 bits per heavy atom. The Morgan fingerprint density at radius 1 is 1.44 bits per heavy atom. The van der Waals surface area contributed by atoms with Gasteiger partial charge in [-0.05, 0) is 18.2 Å². The largest absolute Gasteiger partial charge is 0.479 e. The maximum Gasteiger partial charge on any atom is 0.332 e. The van der Waals surface area contributed by atoms with Gasteiger partial charge in [0.15, 0.2) is 6.10 Å². The lowest BCUT2D eigenvalue weighted by Gasteiger charge is -2.07. The molecule has 0 heterocycles. The molecular formula is C12H12N2O4. The maximum atomic E-state index is 11.6. The maximum absolute atomic E-state index is 11.6. The SMILES string of the molecule is N#Cc1cccc(C(=O)NCC[C@H](O)C(=O)O)c1. The number of carboxylic acids is 1. The van der Waals surface area contributed by atoms with Crippen molar-refractivity contribution in [3.63, 3.8) is 0 Å². The van der Waals surface area contributed by atoms with Gasteiger partial charge < -0.3 is 15.5 Å². The molecule has 0 spiro atoms. The summed E-state index contributed by atoms with van der Waals surface area (Å²) in [5, 5.41) is 28.6. The predicted octanol–water partition coefficient (Wildman–Crippen LogP) is 0.124. The Bertz CT molecular complexity index is 493. The van der Waals surface area contributed by atoms with Crippen LogP contribution in [0, 0.1) is 11.3 Å². The monoisotopic (exact) mass is 248 g/mol. The Hall–Kier alpha value is -2.39. The number of hydrogen-bond acceptors (Lipinski definition) is 4. The van der Waals surface area contributed by atoms with E-state index in [0.29, 0.717) is 11.1 Å². The van der Waals surface area contributed by atoms with Crippen LogP contribution in [0.2, 0.25) is 0 Å². The Kier molecular flexibility index (Phi) is 4.84. The Morgan fingerprint density at radius 2 is 2.17 bits per heavy atom. The van der Waals surface area contributed by atoms with Crippen LogP contribution in [0.4, 0.5) is 0 Å². The minimum atomic E-state index is -1.49. The molecule has 1 atom stereocenters. The summed E-state index contributed by atoms with van der Waals surface area (Å²) in [5.74, 6) is -1.74. The molecule has 0 aliphatic rings. The van der Waals surface area contributed by atoms with Gasteiger partial charge in [-0.2, -0.15) is 5.26 Å². The number of aliphatic hydroxyl groups is 1. The molecule has 0 unspecified atom stereocenters. The summed E-state index contributed by atoms with van der Waals surface area (Å²) in [6, 6.07) is 8.05. The van der Waals surface area contributed by atoms with Crippen molar-refractivity contribution in [3.05, 3.63) is 35.4 Å². The second kappa shape index (κ2) is 6.37. The molecule has 6 heteroatoms. The van der Waals surface area contributed by atoms with Crippen molar-refractivity contribution in [3.8, 4) is 6.07 Å². The highest BCUT2D eigenvalue weighted by Crippen LogP contribution is 2.04. The van der Waals surface area contributed by atoms with E-state index in [1.807, 2.05) is 6.07 Å². The summed E-state index contributed by atoms with van der Waals surface area (Å²) >= 11 is 0. The number of amides is 1. The molecule has 0 aromatic heterocycles. The first-order chi connectivity index (χ1) is 8.54. The van der Waals surface area contributed by atoms with Crippen LogP contribution in [0.15, 0.2) is 24.3 Å². The summed E-state index contributed by atoms with van der Waals surface area (Å²) in [5.41, 5.74) is 0.687. The van der Waals surface area contributed by atoms with Crippen molar-refractivity contribution in [2.45, 2.75) is 12.5 Å². The number of hydrogen-bond donors (Lipinski definition) is 3. The highest BCUT2D eigenvalue weighted by molar-refractivity contribution is 5.94. The van der Waals surface area contributed by atoms with E-state index in [1.54, 1.807) is 18.2 Å². The number of aliphatic carboxylic acids is 1. The molecule has 1 rings (SSSR count). The summed E-state index contributed by atoms with van der Waals surface area (Å²) in [6.45, 7) is 0.0447. The number of carboxylic acid groups (broad SMARTS) is 1. The molecule has 0 radical (unpaired) electrons. The molecule has 3 N–H and O–H groups in total. The Labute approximate surface area is 103 Å². The van der Waals surface area contributed by atoms with E-state index < -0.39 is 18.0 Å². The molecule has 1 aromatic carbocycles. The molecule has 0 saturated carbocycles. The minimum Gasteiger partial charge on any atom is -0.479 e. The molecule has 0 aliphatic heterocycles. The number of nitrogens with zero attached hydrogens (tertiary/aromatic N) is 1. The third kappa shape index (κ3) is 3.88. The number of nitriles is 1. The van der Waals surface area contributed by atoms with Gasteiger partial charge in [-0.1, -0.05) is 6.07 Å². The van der Waals surface area contributed by atoms with E-state index >= 15 is 0 Å². The molecule has 18 heavy (non-hydrogen) atoms. The van der Waals surface area contributed by atoms with Crippen molar-refractivity contribution in [2.75, 3.05) is 6.54 Å². The van der Waals surface area contributed by atoms with Crippen molar-refractivity contribution >= 4 is 11.9 Å². The van der Waals surface area contributed by atoms with E-state index in [0.717, 1.165) is 0 Å². The molecule has 6 nitrogen and oxygen atoms in total. The van der Waals surface area contributed by atoms with Crippen LogP contribution in [0.1, 0.15) is 22.3 Å². The van der Waals surface area contributed by atoms with Crippen LogP contribution < -0.4 is 5.32 Å². The third-order valence-electron chi connectivity index (χ3n) is 2.24. The molecule has 0 fully saturated rings. The molecule has 0 bridgehead atoms. The van der Waals surface area contributed by atoms with Gasteiger partial charge in [0.1, 0.15) is 0 Å². The van der Waals surface area contributed by atoms with Gasteiger partial charge in [0.25, 0.3) is 5.91 Å². The standard InChI is InChI=1S/C12H12N2O4/c13-7-8-2-1-3-9(6-8)11(16)14-5-4-10(15)12(17)18/h1-3,6,10,15H,4-5H2,(H,14,16)(H,17,18)/t10-/m0/s1. The van der Waals surface area contributed by atoms with Gasteiger partial charge in [-0.3, -0.25) is 4.79 Å². The van der Waals surface area contributed by atoms with Gasteiger partial charge in [-0.25, -0.2) is 4.79 Å². The summed E-state index contributed by atoms with van der Waals surface area (Å²) in [6.07, 6.45) is -1.56. The lowest BCUT2D eigenvalue weighted by Crippen LogP contribution is -2.30. The second-order valence-electron chi connectivity index (χ2n) is 3.59. The predicted molar refractivity (Wildman–Crippen MR) is 61.7 cm³/mol. The first-order valence-electron chi connectivity index (χ1n) is 5.24.